The molecule has 0 fully saturated rings. The maximum atomic E-state index is 12.0. The van der Waals surface area contributed by atoms with E-state index in [4.69, 9.17) is 9.83 Å². The molecule has 5 nitrogen and oxygen atoms in total. The van der Waals surface area contributed by atoms with Gasteiger partial charge >= 0.3 is 5.63 Å². The maximum Gasteiger partial charge on any atom is 0.349 e. The van der Waals surface area contributed by atoms with Gasteiger partial charge in [0.2, 0.25) is 0 Å². The molecular formula is C15H10N2O3. The Morgan fingerprint density at radius 1 is 1.15 bits per heavy atom. The first-order chi connectivity index (χ1) is 9.68. The van der Waals surface area contributed by atoms with Crippen LogP contribution in [-0.2, 0) is 0 Å². The first-order valence-electron chi connectivity index (χ1n) is 5.93. The highest BCUT2D eigenvalue weighted by Gasteiger charge is 2.19. The van der Waals surface area contributed by atoms with Gasteiger partial charge in [0.05, 0.1) is 16.8 Å². The van der Waals surface area contributed by atoms with Crippen LogP contribution < -0.4 is 5.63 Å². The molecule has 0 saturated carbocycles. The lowest BCUT2D eigenvalue weighted by Crippen LogP contribution is -2.16. The van der Waals surface area contributed by atoms with E-state index < -0.39 is 5.63 Å². The summed E-state index contributed by atoms with van der Waals surface area (Å²) in [5, 5.41) is 18.7. The third-order valence-corrected chi connectivity index (χ3v) is 2.96. The number of rotatable bonds is 2. The van der Waals surface area contributed by atoms with Crippen molar-refractivity contribution in [1.29, 1.82) is 5.41 Å². The van der Waals surface area contributed by atoms with Gasteiger partial charge in [0.25, 0.3) is 0 Å². The van der Waals surface area contributed by atoms with Crippen molar-refractivity contribution in [3.05, 3.63) is 70.3 Å². The fraction of sp³-hybridized carbons (Fsp3) is 0. The summed E-state index contributed by atoms with van der Waals surface area (Å²) in [6, 6.07) is 11.6. The zero-order chi connectivity index (χ0) is 14.1. The minimum Gasteiger partial charge on any atom is -0.506 e. The van der Waals surface area contributed by atoms with E-state index in [9.17, 15) is 9.90 Å². The van der Waals surface area contributed by atoms with Gasteiger partial charge in [-0.25, -0.2) is 4.79 Å². The second-order valence-corrected chi connectivity index (χ2v) is 4.20. The van der Waals surface area contributed by atoms with Gasteiger partial charge in [0.15, 0.2) is 0 Å². The Morgan fingerprint density at radius 3 is 2.65 bits per heavy atom. The summed E-state index contributed by atoms with van der Waals surface area (Å²) in [6.45, 7) is 0. The van der Waals surface area contributed by atoms with Crippen LogP contribution in [-0.4, -0.2) is 15.8 Å². The van der Waals surface area contributed by atoms with Gasteiger partial charge in [-0.05, 0) is 24.3 Å². The number of para-hydroxylation sites is 1. The second-order valence-electron chi connectivity index (χ2n) is 4.20. The molecule has 0 unspecified atom stereocenters. The van der Waals surface area contributed by atoms with Gasteiger partial charge in [-0.3, -0.25) is 10.4 Å². The zero-order valence-corrected chi connectivity index (χ0v) is 10.3. The highest BCUT2D eigenvalue weighted by molar-refractivity contribution is 6.13. The van der Waals surface area contributed by atoms with Crippen LogP contribution in [0.5, 0.6) is 5.75 Å². The molecule has 20 heavy (non-hydrogen) atoms. The lowest BCUT2D eigenvalue weighted by atomic mass is 10.1. The summed E-state index contributed by atoms with van der Waals surface area (Å²) in [7, 11) is 0. The molecule has 3 aromatic rings. The van der Waals surface area contributed by atoms with Crippen molar-refractivity contribution in [3.63, 3.8) is 0 Å². The molecule has 3 rings (SSSR count). The van der Waals surface area contributed by atoms with Crippen LogP contribution in [0.15, 0.2) is 57.9 Å². The van der Waals surface area contributed by atoms with Crippen molar-refractivity contribution < 1.29 is 9.52 Å². The van der Waals surface area contributed by atoms with E-state index in [1.165, 1.54) is 6.20 Å². The Labute approximate surface area is 113 Å². The van der Waals surface area contributed by atoms with E-state index in [1.54, 1.807) is 42.5 Å². The van der Waals surface area contributed by atoms with Gasteiger partial charge in [0, 0.05) is 6.20 Å². The monoisotopic (exact) mass is 266 g/mol. The van der Waals surface area contributed by atoms with E-state index in [-0.39, 0.29) is 22.6 Å². The summed E-state index contributed by atoms with van der Waals surface area (Å²) in [6.07, 6.45) is 1.52. The van der Waals surface area contributed by atoms with Crippen LogP contribution in [0.25, 0.3) is 11.0 Å². The molecule has 0 aliphatic heterocycles. The first-order valence-corrected chi connectivity index (χ1v) is 5.93. The fourth-order valence-corrected chi connectivity index (χ4v) is 1.99. The molecule has 0 atom stereocenters. The molecule has 0 bridgehead atoms. The second kappa shape index (κ2) is 4.62. The average molecular weight is 266 g/mol. The summed E-state index contributed by atoms with van der Waals surface area (Å²) < 4.78 is 5.13. The van der Waals surface area contributed by atoms with E-state index >= 15 is 0 Å². The van der Waals surface area contributed by atoms with E-state index in [0.717, 1.165) is 0 Å². The van der Waals surface area contributed by atoms with Crippen LogP contribution in [0.4, 0.5) is 0 Å². The molecule has 1 aromatic carbocycles. The van der Waals surface area contributed by atoms with Gasteiger partial charge in [-0.15, -0.1) is 0 Å². The van der Waals surface area contributed by atoms with Crippen molar-refractivity contribution in [2.24, 2.45) is 0 Å². The number of pyridine rings is 1. The third kappa shape index (κ3) is 1.85. The lowest BCUT2D eigenvalue weighted by molar-refractivity contribution is 0.466. The largest absolute Gasteiger partial charge is 0.506 e. The summed E-state index contributed by atoms with van der Waals surface area (Å²) in [4.78, 5) is 16.0. The van der Waals surface area contributed by atoms with Crippen molar-refractivity contribution >= 4 is 16.7 Å². The van der Waals surface area contributed by atoms with Crippen LogP contribution in [0.2, 0.25) is 0 Å². The van der Waals surface area contributed by atoms with Gasteiger partial charge in [-0.2, -0.15) is 0 Å². The summed E-state index contributed by atoms with van der Waals surface area (Å²) >= 11 is 0. The molecule has 0 radical (unpaired) electrons. The Balaban J connectivity index is 2.27. The minimum atomic E-state index is -0.753. The molecular weight excluding hydrogens is 256 g/mol. The van der Waals surface area contributed by atoms with Crippen LogP contribution in [0.3, 0.4) is 0 Å². The molecule has 0 amide bonds. The molecule has 0 aliphatic carbocycles. The standard InChI is InChI=1S/C15H10N2O3/c16-13(10-6-3-4-8-17-10)12-14(18)9-5-1-2-7-11(9)20-15(12)19/h1-8,16,18H. The number of nitrogens with zero attached hydrogens (tertiary/aromatic N) is 1. The smallest absolute Gasteiger partial charge is 0.349 e. The highest BCUT2D eigenvalue weighted by Crippen LogP contribution is 2.27. The Morgan fingerprint density at radius 2 is 1.90 bits per heavy atom. The molecule has 2 N–H and O–H groups in total. The molecule has 0 spiro atoms. The summed E-state index contributed by atoms with van der Waals surface area (Å²) in [5.74, 6) is -0.257. The molecule has 0 saturated heterocycles. The van der Waals surface area contributed by atoms with Crippen LogP contribution in [0.1, 0.15) is 11.3 Å². The van der Waals surface area contributed by atoms with Gasteiger partial charge in [0.1, 0.15) is 16.9 Å². The zero-order valence-electron chi connectivity index (χ0n) is 10.3. The van der Waals surface area contributed by atoms with Gasteiger partial charge in [-0.1, -0.05) is 18.2 Å². The molecule has 2 aromatic heterocycles. The Hall–Kier alpha value is -2.95. The number of aromatic hydroxyl groups is 1. The predicted molar refractivity (Wildman–Crippen MR) is 74.3 cm³/mol. The van der Waals surface area contributed by atoms with Crippen molar-refractivity contribution in [1.82, 2.24) is 4.98 Å². The van der Waals surface area contributed by atoms with Crippen molar-refractivity contribution in [2.45, 2.75) is 0 Å². The fourth-order valence-electron chi connectivity index (χ4n) is 1.99. The third-order valence-electron chi connectivity index (χ3n) is 2.96. The predicted octanol–water partition coefficient (Wildman–Crippen LogP) is 2.31. The van der Waals surface area contributed by atoms with E-state index in [1.807, 2.05) is 0 Å². The van der Waals surface area contributed by atoms with Gasteiger partial charge < -0.3 is 9.52 Å². The molecule has 98 valence electrons. The number of aromatic nitrogens is 1. The number of hydrogen-bond acceptors (Lipinski definition) is 5. The number of nitrogens with one attached hydrogen (secondary N) is 1. The van der Waals surface area contributed by atoms with E-state index in [2.05, 4.69) is 4.98 Å². The molecule has 2 heterocycles. The van der Waals surface area contributed by atoms with Crippen LogP contribution >= 0.6 is 0 Å². The van der Waals surface area contributed by atoms with Crippen LogP contribution in [0, 0.1) is 5.41 Å². The van der Waals surface area contributed by atoms with Crippen molar-refractivity contribution in [3.8, 4) is 5.75 Å². The van der Waals surface area contributed by atoms with E-state index in [0.29, 0.717) is 11.1 Å². The van der Waals surface area contributed by atoms with Crippen molar-refractivity contribution in [2.75, 3.05) is 0 Å². The SMILES string of the molecule is N=C(c1ccccn1)c1c(O)c2ccccc2oc1=O. The topological polar surface area (TPSA) is 87.2 Å². The Bertz CT molecular complexity index is 854. The first kappa shape index (κ1) is 12.1. The average Bonchev–Trinajstić information content (AvgIpc) is 2.48. The summed E-state index contributed by atoms with van der Waals surface area (Å²) in [5.41, 5.74) is -0.514. The number of benzene rings is 1. The molecule has 5 heteroatoms. The highest BCUT2D eigenvalue weighted by atomic mass is 16.4. The minimum absolute atomic E-state index is 0.164. The number of hydrogen-bond donors (Lipinski definition) is 2. The molecule has 0 aliphatic rings. The Kier molecular flexibility index (Phi) is 2.80. The normalized spacial score (nSPS) is 10.6. The lowest BCUT2D eigenvalue weighted by Gasteiger charge is -2.06. The maximum absolute atomic E-state index is 12.0. The number of fused-ring (bicyclic) bond motifs is 1. The quantitative estimate of drug-likeness (QED) is 0.550.